The quantitative estimate of drug-likeness (QED) is 0.831. The molecule has 0 aliphatic carbocycles. The van der Waals surface area contributed by atoms with Gasteiger partial charge in [0, 0.05) is 29.3 Å². The number of amides is 1. The Bertz CT molecular complexity index is 928. The maximum atomic E-state index is 12.8. The summed E-state index contributed by atoms with van der Waals surface area (Å²) >= 11 is 2.63. The van der Waals surface area contributed by atoms with Crippen molar-refractivity contribution in [2.45, 2.75) is 43.0 Å². The molecule has 1 N–H and O–H groups in total. The third-order valence-electron chi connectivity index (χ3n) is 4.46. The van der Waals surface area contributed by atoms with Crippen molar-refractivity contribution < 1.29 is 17.9 Å². The van der Waals surface area contributed by atoms with Crippen molar-refractivity contribution in [1.82, 2.24) is 9.29 Å². The largest absolute Gasteiger partial charge is 0.368 e. The molecular weight excluding hydrogens is 394 g/mol. The van der Waals surface area contributed by atoms with E-state index in [1.807, 2.05) is 13.0 Å². The summed E-state index contributed by atoms with van der Waals surface area (Å²) in [5, 5.41) is 3.32. The van der Waals surface area contributed by atoms with E-state index in [1.165, 1.54) is 27.0 Å². The third-order valence-corrected chi connectivity index (χ3v) is 8.77. The van der Waals surface area contributed by atoms with E-state index in [2.05, 4.69) is 10.3 Å². The first-order valence-electron chi connectivity index (χ1n) is 8.41. The van der Waals surface area contributed by atoms with Gasteiger partial charge in [0.1, 0.15) is 10.3 Å². The summed E-state index contributed by atoms with van der Waals surface area (Å²) in [5.41, 5.74) is 0.867. The van der Waals surface area contributed by atoms with Gasteiger partial charge in [0.25, 0.3) is 15.9 Å². The number of rotatable bonds is 4. The number of nitrogens with zero attached hydrogens (tertiary/aromatic N) is 2. The van der Waals surface area contributed by atoms with Gasteiger partial charge >= 0.3 is 0 Å². The number of aromatic nitrogens is 1. The second-order valence-corrected chi connectivity index (χ2v) is 10.9. The molecule has 1 fully saturated rings. The SMILES string of the molecule is Cc1ccc(S(=O)(=O)N2CCc3nc(NC(=O)C4CCCO4)sc3C2)s1. The van der Waals surface area contributed by atoms with Crippen LogP contribution in [0.15, 0.2) is 16.3 Å². The van der Waals surface area contributed by atoms with Crippen LogP contribution < -0.4 is 5.32 Å². The zero-order chi connectivity index (χ0) is 18.3. The fraction of sp³-hybridized carbons (Fsp3) is 0.500. The zero-order valence-corrected chi connectivity index (χ0v) is 16.7. The molecule has 1 saturated heterocycles. The normalized spacial score (nSPS) is 20.9. The van der Waals surface area contributed by atoms with E-state index >= 15 is 0 Å². The highest BCUT2D eigenvalue weighted by molar-refractivity contribution is 7.91. The molecule has 1 unspecified atom stereocenters. The van der Waals surface area contributed by atoms with Crippen LogP contribution in [0.3, 0.4) is 0 Å². The Labute approximate surface area is 160 Å². The van der Waals surface area contributed by atoms with Gasteiger partial charge in [0.15, 0.2) is 5.13 Å². The Balaban J connectivity index is 1.49. The first kappa shape index (κ1) is 18.1. The number of anilines is 1. The number of thiazole rings is 1. The van der Waals surface area contributed by atoms with Crippen molar-refractivity contribution in [1.29, 1.82) is 0 Å². The Morgan fingerprint density at radius 3 is 2.92 bits per heavy atom. The van der Waals surface area contributed by atoms with Crippen molar-refractivity contribution in [3.05, 3.63) is 27.6 Å². The molecule has 4 rings (SSSR count). The first-order chi connectivity index (χ1) is 12.4. The van der Waals surface area contributed by atoms with Crippen LogP contribution in [0.25, 0.3) is 0 Å². The number of nitrogens with one attached hydrogen (secondary N) is 1. The van der Waals surface area contributed by atoms with Crippen LogP contribution in [0.1, 0.15) is 28.3 Å². The molecule has 1 amide bonds. The molecule has 140 valence electrons. The standard InChI is InChI=1S/C16H19N3O4S3/c1-10-4-5-14(24-10)26(21,22)19-7-6-11-13(9-19)25-16(17-11)18-15(20)12-3-2-8-23-12/h4-5,12H,2-3,6-9H2,1H3,(H,17,18,20). The van der Waals surface area contributed by atoms with E-state index in [-0.39, 0.29) is 5.91 Å². The highest BCUT2D eigenvalue weighted by Crippen LogP contribution is 2.33. The van der Waals surface area contributed by atoms with E-state index in [4.69, 9.17) is 4.74 Å². The number of ether oxygens (including phenoxy) is 1. The smallest absolute Gasteiger partial charge is 0.255 e. The second kappa shape index (κ2) is 7.01. The van der Waals surface area contributed by atoms with Crippen LogP contribution in [0.4, 0.5) is 5.13 Å². The van der Waals surface area contributed by atoms with Gasteiger partial charge in [0.2, 0.25) is 0 Å². The van der Waals surface area contributed by atoms with E-state index in [0.717, 1.165) is 28.3 Å². The number of carbonyl (C=O) groups excluding carboxylic acids is 1. The molecule has 0 spiro atoms. The number of aryl methyl sites for hydroxylation is 1. The number of thiophene rings is 1. The zero-order valence-electron chi connectivity index (χ0n) is 14.2. The lowest BCUT2D eigenvalue weighted by molar-refractivity contribution is -0.124. The van der Waals surface area contributed by atoms with Gasteiger partial charge in [-0.1, -0.05) is 0 Å². The van der Waals surface area contributed by atoms with Crippen LogP contribution in [0.5, 0.6) is 0 Å². The summed E-state index contributed by atoms with van der Waals surface area (Å²) in [7, 11) is -3.49. The van der Waals surface area contributed by atoms with Crippen molar-refractivity contribution in [2.75, 3.05) is 18.5 Å². The van der Waals surface area contributed by atoms with Gasteiger partial charge in [-0.25, -0.2) is 13.4 Å². The molecule has 4 heterocycles. The Kier molecular flexibility index (Phi) is 4.86. The fourth-order valence-corrected chi connectivity index (χ4v) is 7.03. The van der Waals surface area contributed by atoms with E-state index in [1.54, 1.807) is 6.07 Å². The Morgan fingerprint density at radius 1 is 1.38 bits per heavy atom. The van der Waals surface area contributed by atoms with Crippen molar-refractivity contribution in [3.63, 3.8) is 0 Å². The van der Waals surface area contributed by atoms with Gasteiger partial charge in [-0.05, 0) is 31.9 Å². The van der Waals surface area contributed by atoms with Crippen LogP contribution in [0, 0.1) is 6.92 Å². The molecular formula is C16H19N3O4S3. The van der Waals surface area contributed by atoms with Gasteiger partial charge in [-0.3, -0.25) is 10.1 Å². The molecule has 10 heteroatoms. The lowest BCUT2D eigenvalue weighted by atomic mass is 10.2. The molecule has 2 aromatic heterocycles. The molecule has 0 radical (unpaired) electrons. The molecule has 1 atom stereocenters. The minimum atomic E-state index is -3.49. The average molecular weight is 414 g/mol. The van der Waals surface area contributed by atoms with Gasteiger partial charge < -0.3 is 4.74 Å². The van der Waals surface area contributed by atoms with E-state index in [9.17, 15) is 13.2 Å². The number of fused-ring (bicyclic) bond motifs is 1. The topological polar surface area (TPSA) is 88.6 Å². The van der Waals surface area contributed by atoms with Crippen molar-refractivity contribution in [3.8, 4) is 0 Å². The van der Waals surface area contributed by atoms with E-state index in [0.29, 0.717) is 35.5 Å². The lowest BCUT2D eigenvalue weighted by Gasteiger charge is -2.24. The fourth-order valence-electron chi connectivity index (χ4n) is 3.08. The molecule has 26 heavy (non-hydrogen) atoms. The number of hydrogen-bond donors (Lipinski definition) is 1. The molecule has 2 aromatic rings. The summed E-state index contributed by atoms with van der Waals surface area (Å²) in [4.78, 5) is 18.5. The summed E-state index contributed by atoms with van der Waals surface area (Å²) in [5.74, 6) is -0.174. The number of hydrogen-bond acceptors (Lipinski definition) is 7. The van der Waals surface area contributed by atoms with Crippen molar-refractivity contribution in [2.24, 2.45) is 0 Å². The summed E-state index contributed by atoms with van der Waals surface area (Å²) in [6, 6.07) is 3.48. The molecule has 0 aromatic carbocycles. The maximum Gasteiger partial charge on any atom is 0.255 e. The summed E-state index contributed by atoms with van der Waals surface area (Å²) in [6.07, 6.45) is 1.76. The summed E-state index contributed by atoms with van der Waals surface area (Å²) < 4.78 is 32.8. The average Bonchev–Trinajstić information content (AvgIpc) is 3.34. The molecule has 2 aliphatic heterocycles. The number of carbonyl (C=O) groups is 1. The molecule has 2 aliphatic rings. The van der Waals surface area contributed by atoms with Crippen LogP contribution in [-0.4, -0.2) is 42.9 Å². The number of sulfonamides is 1. The first-order valence-corrected chi connectivity index (χ1v) is 11.5. The minimum Gasteiger partial charge on any atom is -0.368 e. The predicted octanol–water partition coefficient (Wildman–Crippen LogP) is 2.38. The summed E-state index contributed by atoms with van der Waals surface area (Å²) in [6.45, 7) is 3.20. The minimum absolute atomic E-state index is 0.174. The monoisotopic (exact) mass is 413 g/mol. The van der Waals surface area contributed by atoms with Gasteiger partial charge in [0.05, 0.1) is 12.2 Å². The van der Waals surface area contributed by atoms with Crippen LogP contribution >= 0.6 is 22.7 Å². The highest BCUT2D eigenvalue weighted by atomic mass is 32.2. The second-order valence-electron chi connectivity index (χ2n) is 6.33. The molecule has 7 nitrogen and oxygen atoms in total. The Morgan fingerprint density at radius 2 is 2.23 bits per heavy atom. The molecule has 0 saturated carbocycles. The van der Waals surface area contributed by atoms with Gasteiger partial charge in [-0.15, -0.1) is 22.7 Å². The van der Waals surface area contributed by atoms with Crippen LogP contribution in [-0.2, 0) is 32.5 Å². The van der Waals surface area contributed by atoms with Gasteiger partial charge in [-0.2, -0.15) is 4.31 Å². The predicted molar refractivity (Wildman–Crippen MR) is 100 cm³/mol. The molecule has 0 bridgehead atoms. The lowest BCUT2D eigenvalue weighted by Crippen LogP contribution is -2.35. The third kappa shape index (κ3) is 3.44. The Hall–Kier alpha value is -1.33. The maximum absolute atomic E-state index is 12.8. The van der Waals surface area contributed by atoms with Crippen molar-refractivity contribution >= 4 is 43.7 Å². The van der Waals surface area contributed by atoms with E-state index < -0.39 is 16.1 Å². The van der Waals surface area contributed by atoms with Crippen LogP contribution in [0.2, 0.25) is 0 Å². The highest BCUT2D eigenvalue weighted by Gasteiger charge is 2.32.